The van der Waals surface area contributed by atoms with E-state index in [0.29, 0.717) is 6.54 Å². The Hall–Kier alpha value is -2.80. The van der Waals surface area contributed by atoms with Gasteiger partial charge in [-0.1, -0.05) is 18.6 Å². The summed E-state index contributed by atoms with van der Waals surface area (Å²) in [5, 5.41) is 5.67. The van der Waals surface area contributed by atoms with Crippen LogP contribution in [0.4, 0.5) is 0 Å². The normalized spacial score (nSPS) is 16.6. The summed E-state index contributed by atoms with van der Waals surface area (Å²) in [5.74, 6) is 0.374. The molecule has 1 aliphatic heterocycles. The highest BCUT2D eigenvalue weighted by atomic mass is 16.5. The fourth-order valence-electron chi connectivity index (χ4n) is 3.61. The Labute approximate surface area is 171 Å². The maximum atomic E-state index is 12.6. The molecule has 0 bridgehead atoms. The number of piperidine rings is 1. The van der Waals surface area contributed by atoms with Gasteiger partial charge in [0.15, 0.2) is 5.76 Å². The van der Waals surface area contributed by atoms with Crippen molar-refractivity contribution >= 4 is 11.8 Å². The Morgan fingerprint density at radius 3 is 2.48 bits per heavy atom. The molecular weight excluding hydrogens is 370 g/mol. The van der Waals surface area contributed by atoms with Gasteiger partial charge in [-0.2, -0.15) is 0 Å². The van der Waals surface area contributed by atoms with E-state index in [0.717, 1.165) is 37.2 Å². The van der Waals surface area contributed by atoms with Crippen LogP contribution in [0, 0.1) is 0 Å². The van der Waals surface area contributed by atoms with Crippen LogP contribution in [0.15, 0.2) is 47.1 Å². The second-order valence-electron chi connectivity index (χ2n) is 7.30. The van der Waals surface area contributed by atoms with E-state index in [1.165, 1.54) is 12.7 Å². The van der Waals surface area contributed by atoms with Crippen LogP contribution in [0.1, 0.15) is 48.3 Å². The smallest absolute Gasteiger partial charge is 0.287 e. The molecule has 0 saturated carbocycles. The minimum atomic E-state index is -0.662. The van der Waals surface area contributed by atoms with E-state index in [1.54, 1.807) is 26.2 Å². The third kappa shape index (κ3) is 5.60. The lowest BCUT2D eigenvalue weighted by Crippen LogP contribution is -2.47. The zero-order valence-electron chi connectivity index (χ0n) is 17.0. The number of hydrogen-bond acceptors (Lipinski definition) is 5. The molecule has 2 heterocycles. The van der Waals surface area contributed by atoms with Crippen molar-refractivity contribution in [2.24, 2.45) is 0 Å². The molecule has 2 aromatic rings. The molecule has 29 heavy (non-hydrogen) atoms. The lowest BCUT2D eigenvalue weighted by atomic mass is 10.0. The largest absolute Gasteiger partial charge is 0.497 e. The van der Waals surface area contributed by atoms with Crippen LogP contribution in [0.2, 0.25) is 0 Å². The lowest BCUT2D eigenvalue weighted by Gasteiger charge is -2.35. The fourth-order valence-corrected chi connectivity index (χ4v) is 3.61. The van der Waals surface area contributed by atoms with Crippen molar-refractivity contribution in [1.29, 1.82) is 0 Å². The summed E-state index contributed by atoms with van der Waals surface area (Å²) < 4.78 is 10.3. The molecule has 3 rings (SSSR count). The van der Waals surface area contributed by atoms with E-state index in [9.17, 15) is 9.59 Å². The molecule has 7 nitrogen and oxygen atoms in total. The molecule has 0 unspecified atom stereocenters. The molecule has 1 aromatic heterocycles. The van der Waals surface area contributed by atoms with Crippen LogP contribution < -0.4 is 15.4 Å². The molecule has 2 N–H and O–H groups in total. The SMILES string of the molecule is COc1ccc([C@H](CNC(=O)[C@@H](C)NC(=O)c2ccco2)N2CCCCC2)cc1. The van der Waals surface area contributed by atoms with Gasteiger partial charge in [-0.15, -0.1) is 0 Å². The second kappa shape index (κ2) is 10.1. The highest BCUT2D eigenvalue weighted by molar-refractivity contribution is 5.95. The average Bonchev–Trinajstić information content (AvgIpc) is 3.30. The van der Waals surface area contributed by atoms with E-state index < -0.39 is 11.9 Å². The number of nitrogens with zero attached hydrogens (tertiary/aromatic N) is 1. The minimum absolute atomic E-state index is 0.0816. The van der Waals surface area contributed by atoms with Crippen LogP contribution in [-0.2, 0) is 4.79 Å². The molecule has 156 valence electrons. The van der Waals surface area contributed by atoms with Gasteiger partial charge in [-0.3, -0.25) is 14.5 Å². The van der Waals surface area contributed by atoms with Crippen LogP contribution in [0.5, 0.6) is 5.75 Å². The molecule has 1 aromatic carbocycles. The van der Waals surface area contributed by atoms with Crippen molar-refractivity contribution in [3.8, 4) is 5.75 Å². The molecular formula is C22H29N3O4. The molecule has 0 spiro atoms. The standard InChI is InChI=1S/C22H29N3O4/c1-16(24-22(27)20-7-6-14-29-20)21(26)23-15-19(25-12-4-3-5-13-25)17-8-10-18(28-2)11-9-17/h6-11,14,16,19H,3-5,12-13,15H2,1-2H3,(H,23,26)(H,24,27)/t16-,19+/m1/s1. The summed E-state index contributed by atoms with van der Waals surface area (Å²) in [6.07, 6.45) is 5.00. The summed E-state index contributed by atoms with van der Waals surface area (Å²) in [6, 6.07) is 10.6. The number of ether oxygens (including phenoxy) is 1. The Morgan fingerprint density at radius 2 is 1.86 bits per heavy atom. The summed E-state index contributed by atoms with van der Waals surface area (Å²) in [4.78, 5) is 27.1. The first-order valence-corrected chi connectivity index (χ1v) is 10.1. The van der Waals surface area contributed by atoms with Crippen molar-refractivity contribution in [1.82, 2.24) is 15.5 Å². The number of methoxy groups -OCH3 is 1. The van der Waals surface area contributed by atoms with E-state index in [-0.39, 0.29) is 17.7 Å². The van der Waals surface area contributed by atoms with Crippen molar-refractivity contribution in [2.75, 3.05) is 26.7 Å². The zero-order chi connectivity index (χ0) is 20.6. The molecule has 0 aliphatic carbocycles. The number of hydrogen-bond donors (Lipinski definition) is 2. The Kier molecular flexibility index (Phi) is 7.30. The fraction of sp³-hybridized carbons (Fsp3) is 0.455. The van der Waals surface area contributed by atoms with Crippen molar-refractivity contribution in [3.05, 3.63) is 54.0 Å². The number of amides is 2. The van der Waals surface area contributed by atoms with Gasteiger partial charge in [0.05, 0.1) is 19.4 Å². The van der Waals surface area contributed by atoms with Gasteiger partial charge < -0.3 is 19.8 Å². The Morgan fingerprint density at radius 1 is 1.14 bits per heavy atom. The maximum Gasteiger partial charge on any atom is 0.287 e. The van der Waals surface area contributed by atoms with E-state index in [4.69, 9.17) is 9.15 Å². The molecule has 1 saturated heterocycles. The van der Waals surface area contributed by atoms with Crippen LogP contribution in [0.3, 0.4) is 0 Å². The molecule has 7 heteroatoms. The van der Waals surface area contributed by atoms with Crippen LogP contribution in [-0.4, -0.2) is 49.5 Å². The third-order valence-corrected chi connectivity index (χ3v) is 5.29. The summed E-state index contributed by atoms with van der Waals surface area (Å²) in [6.45, 7) is 4.17. The van der Waals surface area contributed by atoms with Gasteiger partial charge in [-0.25, -0.2) is 0 Å². The Bertz CT molecular complexity index is 783. The molecule has 1 fully saturated rings. The Balaban J connectivity index is 1.62. The summed E-state index contributed by atoms with van der Waals surface area (Å²) >= 11 is 0. The van der Waals surface area contributed by atoms with Gasteiger partial charge >= 0.3 is 0 Å². The van der Waals surface area contributed by atoms with Gasteiger partial charge in [-0.05, 0) is 62.7 Å². The summed E-state index contributed by atoms with van der Waals surface area (Å²) in [5.41, 5.74) is 1.14. The van der Waals surface area contributed by atoms with Gasteiger partial charge in [0.25, 0.3) is 5.91 Å². The highest BCUT2D eigenvalue weighted by Gasteiger charge is 2.24. The lowest BCUT2D eigenvalue weighted by molar-refractivity contribution is -0.122. The first-order chi connectivity index (χ1) is 14.1. The van der Waals surface area contributed by atoms with Crippen molar-refractivity contribution in [2.45, 2.75) is 38.3 Å². The van der Waals surface area contributed by atoms with Gasteiger partial charge in [0, 0.05) is 6.54 Å². The minimum Gasteiger partial charge on any atom is -0.497 e. The molecule has 2 amide bonds. The molecule has 1 aliphatic rings. The van der Waals surface area contributed by atoms with Crippen molar-refractivity contribution < 1.29 is 18.7 Å². The maximum absolute atomic E-state index is 12.6. The van der Waals surface area contributed by atoms with Gasteiger partial charge in [0.1, 0.15) is 11.8 Å². The number of rotatable bonds is 8. The highest BCUT2D eigenvalue weighted by Crippen LogP contribution is 2.25. The van der Waals surface area contributed by atoms with E-state index in [1.807, 2.05) is 24.3 Å². The topological polar surface area (TPSA) is 83.8 Å². The van der Waals surface area contributed by atoms with Gasteiger partial charge in [0.2, 0.25) is 5.91 Å². The average molecular weight is 399 g/mol. The van der Waals surface area contributed by atoms with E-state index in [2.05, 4.69) is 15.5 Å². The van der Waals surface area contributed by atoms with Crippen LogP contribution in [0.25, 0.3) is 0 Å². The first-order valence-electron chi connectivity index (χ1n) is 10.1. The molecule has 0 radical (unpaired) electrons. The number of benzene rings is 1. The first kappa shape index (κ1) is 20.9. The number of carbonyl (C=O) groups is 2. The number of likely N-dealkylation sites (tertiary alicyclic amines) is 1. The monoisotopic (exact) mass is 399 g/mol. The molecule has 2 atom stereocenters. The van der Waals surface area contributed by atoms with E-state index >= 15 is 0 Å². The number of carbonyl (C=O) groups excluding carboxylic acids is 2. The van der Waals surface area contributed by atoms with Crippen LogP contribution >= 0.6 is 0 Å². The third-order valence-electron chi connectivity index (χ3n) is 5.29. The number of furan rings is 1. The number of nitrogens with one attached hydrogen (secondary N) is 2. The predicted molar refractivity (Wildman–Crippen MR) is 110 cm³/mol. The summed E-state index contributed by atoms with van der Waals surface area (Å²) in [7, 11) is 1.65. The predicted octanol–water partition coefficient (Wildman–Crippen LogP) is 2.75. The quantitative estimate of drug-likeness (QED) is 0.713. The second-order valence-corrected chi connectivity index (χ2v) is 7.30. The van der Waals surface area contributed by atoms with Crippen molar-refractivity contribution in [3.63, 3.8) is 0 Å². The zero-order valence-corrected chi connectivity index (χ0v) is 17.0.